The molecule has 3 aromatic rings. The highest BCUT2D eigenvalue weighted by Gasteiger charge is 2.34. The molecule has 0 fully saturated rings. The predicted octanol–water partition coefficient (Wildman–Crippen LogP) is 2.98. The Hall–Kier alpha value is -3.22. The second-order valence-corrected chi connectivity index (χ2v) is 7.94. The lowest BCUT2D eigenvalue weighted by atomic mass is 10.0. The molecular weight excluding hydrogens is 366 g/mol. The molecule has 1 aliphatic heterocycles. The minimum absolute atomic E-state index is 0.100. The highest BCUT2D eigenvalue weighted by molar-refractivity contribution is 6.01. The molecule has 0 saturated carbocycles. The van der Waals surface area contributed by atoms with Crippen LogP contribution in [0.2, 0.25) is 0 Å². The van der Waals surface area contributed by atoms with Crippen LogP contribution in [-0.4, -0.2) is 37.4 Å². The second kappa shape index (κ2) is 7.66. The molecule has 0 radical (unpaired) electrons. The molecule has 0 unspecified atom stereocenters. The van der Waals surface area contributed by atoms with Gasteiger partial charge < -0.3 is 10.2 Å². The van der Waals surface area contributed by atoms with Crippen molar-refractivity contribution in [2.45, 2.75) is 45.8 Å². The fourth-order valence-electron chi connectivity index (χ4n) is 3.82. The van der Waals surface area contributed by atoms with Crippen LogP contribution in [-0.2, 0) is 11.3 Å². The molecule has 0 bridgehead atoms. The number of carbonyl (C=O) groups is 2. The fraction of sp³-hybridized carbons (Fsp3) is 0.364. The molecule has 1 aromatic carbocycles. The zero-order chi connectivity index (χ0) is 20.5. The molecule has 4 rings (SSSR count). The molecule has 1 aliphatic rings. The van der Waals surface area contributed by atoms with Crippen molar-refractivity contribution < 1.29 is 9.59 Å². The molecule has 150 valence electrons. The second-order valence-electron chi connectivity index (χ2n) is 7.94. The van der Waals surface area contributed by atoms with E-state index in [1.54, 1.807) is 11.8 Å². The van der Waals surface area contributed by atoms with E-state index in [1.807, 2.05) is 53.1 Å². The lowest BCUT2D eigenvalue weighted by Gasteiger charge is -2.26. The first-order valence-electron chi connectivity index (χ1n) is 9.94. The third-order valence-corrected chi connectivity index (χ3v) is 5.37. The van der Waals surface area contributed by atoms with Crippen molar-refractivity contribution in [3.05, 3.63) is 65.6 Å². The Bertz CT molecular complexity index is 1060. The summed E-state index contributed by atoms with van der Waals surface area (Å²) in [4.78, 5) is 27.4. The molecule has 0 aliphatic carbocycles. The minimum atomic E-state index is -0.580. The van der Waals surface area contributed by atoms with Crippen molar-refractivity contribution in [2.24, 2.45) is 5.92 Å². The summed E-state index contributed by atoms with van der Waals surface area (Å²) in [6, 6.07) is 12.3. The van der Waals surface area contributed by atoms with E-state index in [2.05, 4.69) is 29.4 Å². The number of carbonyl (C=O) groups excluding carboxylic acids is 2. The first kappa shape index (κ1) is 19.1. The standard InChI is InChI=1S/C22H25N5O2/c1-14(2)12-18(20-25-24-19-10-6-7-11-26(19)20)23-21(28)15(3)27-13-16-8-4-5-9-17(16)22(27)29/h4-11,14-15,18H,12-13H2,1-3H3,(H,23,28)/t15-,18-/m0/s1. The number of hydrogen-bond donors (Lipinski definition) is 1. The number of nitrogens with zero attached hydrogens (tertiary/aromatic N) is 4. The zero-order valence-electron chi connectivity index (χ0n) is 16.9. The molecule has 7 heteroatoms. The molecule has 2 amide bonds. The van der Waals surface area contributed by atoms with E-state index in [-0.39, 0.29) is 17.9 Å². The largest absolute Gasteiger partial charge is 0.344 e. The van der Waals surface area contributed by atoms with Crippen LogP contribution in [0.25, 0.3) is 5.65 Å². The predicted molar refractivity (Wildman–Crippen MR) is 109 cm³/mol. The SMILES string of the molecule is CC(C)C[C@H](NC(=O)[C@H](C)N1Cc2ccccc2C1=O)c1nnc2ccccn12. The van der Waals surface area contributed by atoms with Gasteiger partial charge in [0.2, 0.25) is 5.91 Å². The van der Waals surface area contributed by atoms with Gasteiger partial charge in [-0.1, -0.05) is 38.1 Å². The molecule has 29 heavy (non-hydrogen) atoms. The number of nitrogens with one attached hydrogen (secondary N) is 1. The summed E-state index contributed by atoms with van der Waals surface area (Å²) >= 11 is 0. The van der Waals surface area contributed by atoms with Crippen molar-refractivity contribution >= 4 is 17.5 Å². The van der Waals surface area contributed by atoms with Gasteiger partial charge in [-0.2, -0.15) is 0 Å². The molecule has 3 heterocycles. The van der Waals surface area contributed by atoms with Gasteiger partial charge in [-0.05, 0) is 43.0 Å². The maximum absolute atomic E-state index is 13.1. The Kier molecular flexibility index (Phi) is 5.05. The zero-order valence-corrected chi connectivity index (χ0v) is 16.9. The van der Waals surface area contributed by atoms with E-state index in [4.69, 9.17) is 0 Å². The summed E-state index contributed by atoms with van der Waals surface area (Å²) in [6.07, 6.45) is 2.62. The third-order valence-electron chi connectivity index (χ3n) is 5.37. The van der Waals surface area contributed by atoms with Crippen molar-refractivity contribution in [2.75, 3.05) is 0 Å². The van der Waals surface area contributed by atoms with E-state index in [1.165, 1.54) is 0 Å². The highest BCUT2D eigenvalue weighted by Crippen LogP contribution is 2.26. The Morgan fingerprint density at radius 3 is 2.62 bits per heavy atom. The van der Waals surface area contributed by atoms with Crippen LogP contribution in [0.5, 0.6) is 0 Å². The Morgan fingerprint density at radius 1 is 1.10 bits per heavy atom. The summed E-state index contributed by atoms with van der Waals surface area (Å²) in [5.41, 5.74) is 2.37. The molecule has 2 atom stereocenters. The number of hydrogen-bond acceptors (Lipinski definition) is 4. The van der Waals surface area contributed by atoms with Crippen molar-refractivity contribution in [1.29, 1.82) is 0 Å². The van der Waals surface area contributed by atoms with E-state index >= 15 is 0 Å². The Labute approximate surface area is 169 Å². The molecule has 7 nitrogen and oxygen atoms in total. The quantitative estimate of drug-likeness (QED) is 0.701. The maximum Gasteiger partial charge on any atom is 0.255 e. The van der Waals surface area contributed by atoms with Crippen LogP contribution in [0.1, 0.15) is 55.0 Å². The summed E-state index contributed by atoms with van der Waals surface area (Å²) in [6.45, 7) is 6.43. The molecule has 0 saturated heterocycles. The van der Waals surface area contributed by atoms with Gasteiger partial charge in [-0.25, -0.2) is 0 Å². The summed E-state index contributed by atoms with van der Waals surface area (Å²) in [5, 5.41) is 11.6. The average Bonchev–Trinajstić information content (AvgIpc) is 3.28. The smallest absolute Gasteiger partial charge is 0.255 e. The lowest BCUT2D eigenvalue weighted by molar-refractivity contribution is -0.126. The summed E-state index contributed by atoms with van der Waals surface area (Å²) < 4.78 is 1.90. The lowest BCUT2D eigenvalue weighted by Crippen LogP contribution is -2.46. The Balaban J connectivity index is 1.55. The van der Waals surface area contributed by atoms with Gasteiger partial charge in [0.25, 0.3) is 5.91 Å². The van der Waals surface area contributed by atoms with E-state index in [0.717, 1.165) is 17.6 Å². The monoisotopic (exact) mass is 391 g/mol. The topological polar surface area (TPSA) is 79.6 Å². The van der Waals surface area contributed by atoms with Gasteiger partial charge in [0, 0.05) is 18.3 Å². The van der Waals surface area contributed by atoms with E-state index < -0.39 is 6.04 Å². The van der Waals surface area contributed by atoms with Gasteiger partial charge in [-0.3, -0.25) is 14.0 Å². The van der Waals surface area contributed by atoms with Crippen LogP contribution in [0.3, 0.4) is 0 Å². The first-order valence-corrected chi connectivity index (χ1v) is 9.94. The van der Waals surface area contributed by atoms with Gasteiger partial charge in [0.1, 0.15) is 6.04 Å². The van der Waals surface area contributed by atoms with Gasteiger partial charge in [0.05, 0.1) is 6.04 Å². The van der Waals surface area contributed by atoms with Crippen molar-refractivity contribution in [1.82, 2.24) is 24.8 Å². The molecule has 2 aromatic heterocycles. The summed E-state index contributed by atoms with van der Waals surface area (Å²) in [5.74, 6) is 0.760. The van der Waals surface area contributed by atoms with E-state index in [9.17, 15) is 9.59 Å². The first-order chi connectivity index (χ1) is 14.0. The number of benzene rings is 1. The van der Waals surface area contributed by atoms with Gasteiger partial charge in [0.15, 0.2) is 11.5 Å². The number of amides is 2. The average molecular weight is 391 g/mol. The number of aromatic nitrogens is 3. The summed E-state index contributed by atoms with van der Waals surface area (Å²) in [7, 11) is 0. The van der Waals surface area contributed by atoms with Gasteiger partial charge in [-0.15, -0.1) is 10.2 Å². The number of pyridine rings is 1. The minimum Gasteiger partial charge on any atom is -0.344 e. The van der Waals surface area contributed by atoms with Crippen LogP contribution in [0, 0.1) is 5.92 Å². The van der Waals surface area contributed by atoms with E-state index in [0.29, 0.717) is 23.9 Å². The van der Waals surface area contributed by atoms with Crippen LogP contribution < -0.4 is 5.32 Å². The highest BCUT2D eigenvalue weighted by atomic mass is 16.2. The van der Waals surface area contributed by atoms with Crippen LogP contribution >= 0.6 is 0 Å². The third kappa shape index (κ3) is 3.60. The Morgan fingerprint density at radius 2 is 1.86 bits per heavy atom. The number of fused-ring (bicyclic) bond motifs is 2. The van der Waals surface area contributed by atoms with Crippen LogP contribution in [0.4, 0.5) is 0 Å². The van der Waals surface area contributed by atoms with Crippen molar-refractivity contribution in [3.63, 3.8) is 0 Å². The molecular formula is C22H25N5O2. The maximum atomic E-state index is 13.1. The number of rotatable bonds is 6. The fourth-order valence-corrected chi connectivity index (χ4v) is 3.82. The normalized spacial score (nSPS) is 15.6. The van der Waals surface area contributed by atoms with Crippen molar-refractivity contribution in [3.8, 4) is 0 Å². The molecule has 0 spiro atoms. The van der Waals surface area contributed by atoms with Crippen LogP contribution in [0.15, 0.2) is 48.7 Å². The molecule has 1 N–H and O–H groups in total. The van der Waals surface area contributed by atoms with Gasteiger partial charge >= 0.3 is 0 Å².